The van der Waals surface area contributed by atoms with E-state index in [-0.39, 0.29) is 32.2 Å². The van der Waals surface area contributed by atoms with Crippen LogP contribution in [0.1, 0.15) is 142 Å². The maximum atomic E-state index is 12.7. The minimum Gasteiger partial charge on any atom is -0.457 e. The van der Waals surface area contributed by atoms with E-state index in [0.29, 0.717) is 17.6 Å². The molecule has 1 N–H and O–H groups in total. The number of hydrogen-bond acceptors (Lipinski definition) is 6. The van der Waals surface area contributed by atoms with Crippen LogP contribution in [0.25, 0.3) is 0 Å². The first-order valence-corrected chi connectivity index (χ1v) is 23.5. The molecule has 0 radical (unpaired) electrons. The summed E-state index contributed by atoms with van der Waals surface area (Å²) in [5.74, 6) is -0.349. The Balaban J connectivity index is 4.35. The highest BCUT2D eigenvalue weighted by Crippen LogP contribution is 2.43. The molecule has 0 aliphatic heterocycles. The Hall–Kier alpha value is -2.58. The van der Waals surface area contributed by atoms with Crippen molar-refractivity contribution >= 4 is 13.8 Å². The molecule has 0 fully saturated rings. The maximum Gasteiger partial charge on any atom is 0.472 e. The number of likely N-dealkylation sites (N-methyl/N-ethyl adjacent to an activating group) is 1. The zero-order chi connectivity index (χ0) is 42.0. The van der Waals surface area contributed by atoms with E-state index >= 15 is 0 Å². The van der Waals surface area contributed by atoms with Crippen LogP contribution in [-0.4, -0.2) is 75.6 Å². The number of ether oxygens (including phenoxy) is 2. The zero-order valence-electron chi connectivity index (χ0n) is 36.8. The van der Waals surface area contributed by atoms with E-state index in [1.165, 1.54) is 12.8 Å². The van der Waals surface area contributed by atoms with Crippen LogP contribution in [0.15, 0.2) is 97.2 Å². The quantitative estimate of drug-likeness (QED) is 0.0217. The van der Waals surface area contributed by atoms with E-state index < -0.39 is 13.9 Å². The number of nitrogens with zero attached hydrogens (tertiary/aromatic N) is 1. The second kappa shape index (κ2) is 40.2. The lowest BCUT2D eigenvalue weighted by atomic mass is 10.1. The smallest absolute Gasteiger partial charge is 0.457 e. The second-order valence-electron chi connectivity index (χ2n) is 15.3. The minimum atomic E-state index is -4.30. The van der Waals surface area contributed by atoms with Crippen molar-refractivity contribution < 1.29 is 37.3 Å². The molecule has 326 valence electrons. The molecule has 57 heavy (non-hydrogen) atoms. The summed E-state index contributed by atoms with van der Waals surface area (Å²) in [6.07, 6.45) is 54.4. The molecule has 0 heterocycles. The van der Waals surface area contributed by atoms with Crippen molar-refractivity contribution in [3.63, 3.8) is 0 Å². The summed E-state index contributed by atoms with van der Waals surface area (Å²) in [6, 6.07) is 0. The topological polar surface area (TPSA) is 91.3 Å². The Kier molecular flexibility index (Phi) is 38.4. The Morgan fingerprint density at radius 1 is 0.544 bits per heavy atom. The van der Waals surface area contributed by atoms with Crippen LogP contribution in [0.5, 0.6) is 0 Å². The van der Waals surface area contributed by atoms with Gasteiger partial charge < -0.3 is 18.9 Å². The van der Waals surface area contributed by atoms with Gasteiger partial charge in [0.1, 0.15) is 19.3 Å². The Bertz CT molecular complexity index is 1230. The predicted molar refractivity (Wildman–Crippen MR) is 242 cm³/mol. The van der Waals surface area contributed by atoms with Crippen molar-refractivity contribution in [2.45, 2.75) is 148 Å². The summed E-state index contributed by atoms with van der Waals surface area (Å²) in [7, 11) is 1.62. The first-order chi connectivity index (χ1) is 27.6. The van der Waals surface area contributed by atoms with Crippen molar-refractivity contribution in [1.29, 1.82) is 0 Å². The highest BCUT2D eigenvalue weighted by Gasteiger charge is 2.26. The summed E-state index contributed by atoms with van der Waals surface area (Å²) < 4.78 is 35.0. The molecule has 0 saturated heterocycles. The largest absolute Gasteiger partial charge is 0.472 e. The second-order valence-corrected chi connectivity index (χ2v) is 16.8. The lowest BCUT2D eigenvalue weighted by Gasteiger charge is -2.24. The highest BCUT2D eigenvalue weighted by atomic mass is 31.2. The fourth-order valence-electron chi connectivity index (χ4n) is 5.30. The summed E-state index contributed by atoms with van der Waals surface area (Å²) in [5, 5.41) is 0. The number of unbranched alkanes of at least 4 members (excludes halogenated alkanes) is 9. The lowest BCUT2D eigenvalue weighted by Crippen LogP contribution is -2.37. The molecule has 0 bridgehead atoms. The van der Waals surface area contributed by atoms with Gasteiger partial charge >= 0.3 is 13.8 Å². The molecular weight excluding hydrogens is 734 g/mol. The van der Waals surface area contributed by atoms with Crippen molar-refractivity contribution in [3.05, 3.63) is 97.2 Å². The minimum absolute atomic E-state index is 0.0734. The number of hydrogen-bond donors (Lipinski definition) is 1. The molecule has 0 aromatic carbocycles. The first-order valence-electron chi connectivity index (χ1n) is 22.0. The normalized spacial score (nSPS) is 14.7. The highest BCUT2D eigenvalue weighted by molar-refractivity contribution is 7.47. The number of quaternary nitrogens is 1. The average molecular weight is 817 g/mol. The third-order valence-electron chi connectivity index (χ3n) is 8.64. The molecule has 0 aliphatic rings. The van der Waals surface area contributed by atoms with Gasteiger partial charge in [-0.05, 0) is 89.9 Å². The van der Waals surface area contributed by atoms with Gasteiger partial charge in [-0.1, -0.05) is 143 Å². The fourth-order valence-corrected chi connectivity index (χ4v) is 6.04. The third kappa shape index (κ3) is 44.4. The molecule has 9 heteroatoms. The fraction of sp³-hybridized carbons (Fsp3) is 0.646. The molecule has 0 spiro atoms. The monoisotopic (exact) mass is 817 g/mol. The molecule has 0 amide bonds. The van der Waals surface area contributed by atoms with Gasteiger partial charge in [-0.2, -0.15) is 0 Å². The van der Waals surface area contributed by atoms with Gasteiger partial charge in [0.25, 0.3) is 0 Å². The summed E-state index contributed by atoms with van der Waals surface area (Å²) in [6.45, 7) is 5.28. The molecule has 0 aliphatic carbocycles. The number of rotatable bonds is 39. The molecule has 8 nitrogen and oxygen atoms in total. The van der Waals surface area contributed by atoms with Crippen LogP contribution in [0.4, 0.5) is 0 Å². The van der Waals surface area contributed by atoms with Crippen LogP contribution in [-0.2, 0) is 27.9 Å². The van der Waals surface area contributed by atoms with Gasteiger partial charge in [-0.15, -0.1) is 0 Å². The number of carbonyl (C=O) groups is 1. The van der Waals surface area contributed by atoms with E-state index in [1.807, 2.05) is 21.1 Å². The maximum absolute atomic E-state index is 12.7. The lowest BCUT2D eigenvalue weighted by molar-refractivity contribution is -0.870. The van der Waals surface area contributed by atoms with Crippen molar-refractivity contribution in [1.82, 2.24) is 0 Å². The summed E-state index contributed by atoms with van der Waals surface area (Å²) in [4.78, 5) is 22.9. The number of carbonyl (C=O) groups excluding carboxylic acids is 1. The van der Waals surface area contributed by atoms with Crippen LogP contribution in [0.3, 0.4) is 0 Å². The number of phosphoric acid groups is 1. The van der Waals surface area contributed by atoms with E-state index in [1.54, 1.807) is 0 Å². The van der Waals surface area contributed by atoms with Crippen molar-refractivity contribution in [3.8, 4) is 0 Å². The summed E-state index contributed by atoms with van der Waals surface area (Å²) in [5.41, 5.74) is 0. The van der Waals surface area contributed by atoms with Crippen LogP contribution < -0.4 is 0 Å². The van der Waals surface area contributed by atoms with Gasteiger partial charge in [0.05, 0.1) is 34.4 Å². The van der Waals surface area contributed by atoms with Gasteiger partial charge in [0.2, 0.25) is 0 Å². The number of allylic oxidation sites excluding steroid dienone is 16. The van der Waals surface area contributed by atoms with Crippen LogP contribution in [0, 0.1) is 0 Å². The Labute approximate surface area is 349 Å². The Morgan fingerprint density at radius 3 is 1.44 bits per heavy atom. The van der Waals surface area contributed by atoms with Crippen molar-refractivity contribution in [2.75, 3.05) is 54.1 Å². The van der Waals surface area contributed by atoms with E-state index in [4.69, 9.17) is 18.5 Å². The zero-order valence-corrected chi connectivity index (χ0v) is 37.7. The van der Waals surface area contributed by atoms with Gasteiger partial charge in [0, 0.05) is 13.0 Å². The van der Waals surface area contributed by atoms with Crippen molar-refractivity contribution in [2.24, 2.45) is 0 Å². The molecular formula is C48H83NO7P+. The van der Waals surface area contributed by atoms with Gasteiger partial charge in [0.15, 0.2) is 0 Å². The van der Waals surface area contributed by atoms with E-state index in [9.17, 15) is 14.3 Å². The van der Waals surface area contributed by atoms with Crippen LogP contribution in [0.2, 0.25) is 0 Å². The summed E-state index contributed by atoms with van der Waals surface area (Å²) >= 11 is 0. The molecule has 2 unspecified atom stereocenters. The van der Waals surface area contributed by atoms with Crippen LogP contribution >= 0.6 is 7.82 Å². The molecule has 0 aromatic rings. The van der Waals surface area contributed by atoms with Gasteiger partial charge in [-0.3, -0.25) is 13.8 Å². The third-order valence-corrected chi connectivity index (χ3v) is 9.63. The molecule has 0 saturated carbocycles. The van der Waals surface area contributed by atoms with E-state index in [0.717, 1.165) is 109 Å². The van der Waals surface area contributed by atoms with Gasteiger partial charge in [-0.25, -0.2) is 4.57 Å². The SMILES string of the molecule is CC/C=C\C/C=C\C/C=C\C/C=C\CCCCCCCOCC(COP(=O)(O)OCC[N+](C)(C)C)OC(=O)CCCCCC/C=C\C/C=C\C/C=C\C/C=C\CC. The average Bonchev–Trinajstić information content (AvgIpc) is 3.16. The number of phosphoric ester groups is 1. The molecule has 0 aromatic heterocycles. The first kappa shape index (κ1) is 54.4. The molecule has 0 rings (SSSR count). The standard InChI is InChI=1S/C48H82NO7P/c1-6-8-10-12-14-16-18-20-22-24-26-28-30-32-34-36-38-40-43-53-45-47(46-55-57(51,52)54-44-42-49(3,4)5)56-48(50)41-39-37-35-33-31-29-27-25-23-21-19-17-15-13-11-9-7-2/h8-11,14-17,20-23,26-29,47H,6-7,12-13,18-19,24-25,30-46H2,1-5H3/p+1/b10-8-,11-9-,16-14-,17-15-,22-20-,23-21-,28-26-,29-27-. The van der Waals surface area contributed by atoms with E-state index in [2.05, 4.69) is 111 Å². The Morgan fingerprint density at radius 2 is 0.965 bits per heavy atom. The predicted octanol–water partition coefficient (Wildman–Crippen LogP) is 13.0. The number of esters is 1. The molecule has 2 atom stereocenters.